The summed E-state index contributed by atoms with van der Waals surface area (Å²) in [7, 11) is 2.24. The van der Waals surface area contributed by atoms with Gasteiger partial charge >= 0.3 is 6.03 Å². The van der Waals surface area contributed by atoms with Crippen molar-refractivity contribution >= 4 is 23.2 Å². The van der Waals surface area contributed by atoms with E-state index in [1.54, 1.807) is 6.07 Å². The SMILES string of the molecule is CN1CC2CCC(C1)N2CCCOc1ccc2nc(-c3ccc(NC(=O)Nc4cc(C(C)(C)C)on4)cc3)cn2c1. The minimum atomic E-state index is -0.386. The average molecular weight is 558 g/mol. The molecule has 2 fully saturated rings. The predicted octanol–water partition coefficient (Wildman–Crippen LogP) is 5.48. The molecule has 216 valence electrons. The number of anilines is 2. The number of carbonyl (C=O) groups excluding carboxylic acids is 1. The molecule has 0 aliphatic carbocycles. The molecule has 2 bridgehead atoms. The number of pyridine rings is 1. The van der Waals surface area contributed by atoms with E-state index in [0.29, 0.717) is 36.0 Å². The van der Waals surface area contributed by atoms with Crippen molar-refractivity contribution in [1.82, 2.24) is 24.3 Å². The van der Waals surface area contributed by atoms with Gasteiger partial charge in [0.25, 0.3) is 0 Å². The summed E-state index contributed by atoms with van der Waals surface area (Å²) in [6.07, 6.45) is 7.66. The number of nitrogens with one attached hydrogen (secondary N) is 2. The van der Waals surface area contributed by atoms with E-state index in [-0.39, 0.29) is 11.4 Å². The number of nitrogens with zero attached hydrogens (tertiary/aromatic N) is 5. The summed E-state index contributed by atoms with van der Waals surface area (Å²) in [4.78, 5) is 22.4. The molecule has 3 aromatic heterocycles. The number of ether oxygens (including phenoxy) is 1. The maximum atomic E-state index is 12.4. The molecule has 2 aliphatic heterocycles. The normalized spacial score (nSPS) is 19.5. The number of carbonyl (C=O) groups is 1. The highest BCUT2D eigenvalue weighted by molar-refractivity contribution is 5.99. The van der Waals surface area contributed by atoms with E-state index in [9.17, 15) is 4.79 Å². The standard InChI is InChI=1S/C31H39N7O3/c1-31(2,3)27-16-28(35-41-27)34-30(39)32-22-8-6-21(7-9-22)26-20-37-19-25(12-13-29(37)33-26)40-15-5-14-38-23-10-11-24(38)18-36(4)17-23/h6-9,12-13,16,19-20,23-24H,5,10-11,14-15,17-18H2,1-4H3,(H2,32,34,35,39). The molecule has 10 heteroatoms. The van der Waals surface area contributed by atoms with Gasteiger partial charge in [-0.05, 0) is 50.6 Å². The van der Waals surface area contributed by atoms with Crippen molar-refractivity contribution in [2.75, 3.05) is 43.9 Å². The van der Waals surface area contributed by atoms with Gasteiger partial charge in [-0.25, -0.2) is 9.78 Å². The molecule has 1 aromatic carbocycles. The number of hydrogen-bond acceptors (Lipinski definition) is 7. The number of amides is 2. The van der Waals surface area contributed by atoms with Crippen molar-refractivity contribution in [1.29, 1.82) is 0 Å². The van der Waals surface area contributed by atoms with Crippen LogP contribution in [0.5, 0.6) is 5.75 Å². The third kappa shape index (κ3) is 6.23. The monoisotopic (exact) mass is 557 g/mol. The lowest BCUT2D eigenvalue weighted by Crippen LogP contribution is -2.52. The molecule has 2 amide bonds. The van der Waals surface area contributed by atoms with Gasteiger partial charge in [0.05, 0.1) is 18.5 Å². The van der Waals surface area contributed by atoms with Gasteiger partial charge in [-0.15, -0.1) is 0 Å². The summed E-state index contributed by atoms with van der Waals surface area (Å²) in [5.74, 6) is 1.92. The van der Waals surface area contributed by atoms with E-state index in [4.69, 9.17) is 14.2 Å². The summed E-state index contributed by atoms with van der Waals surface area (Å²) in [5, 5.41) is 9.46. The Morgan fingerprint density at radius 3 is 2.51 bits per heavy atom. The van der Waals surface area contributed by atoms with Gasteiger partial charge in [-0.2, -0.15) is 0 Å². The molecule has 5 heterocycles. The topological polar surface area (TPSA) is 100 Å². The number of fused-ring (bicyclic) bond motifs is 3. The van der Waals surface area contributed by atoms with E-state index in [2.05, 4.69) is 32.6 Å². The molecule has 2 saturated heterocycles. The number of likely N-dealkylation sites (N-methyl/N-ethyl adjacent to an activating group) is 1. The fourth-order valence-corrected chi connectivity index (χ4v) is 5.89. The van der Waals surface area contributed by atoms with E-state index in [1.165, 1.54) is 25.9 Å². The fourth-order valence-electron chi connectivity index (χ4n) is 5.89. The number of imidazole rings is 1. The fraction of sp³-hybridized carbons (Fsp3) is 0.452. The largest absolute Gasteiger partial charge is 0.492 e. The van der Waals surface area contributed by atoms with Crippen LogP contribution >= 0.6 is 0 Å². The van der Waals surface area contributed by atoms with Crippen LogP contribution < -0.4 is 15.4 Å². The van der Waals surface area contributed by atoms with Gasteiger partial charge in [-0.1, -0.05) is 38.1 Å². The van der Waals surface area contributed by atoms with Crippen LogP contribution in [-0.4, -0.2) is 75.7 Å². The number of likely N-dealkylation sites (tertiary alicyclic amines) is 1. The highest BCUT2D eigenvalue weighted by Gasteiger charge is 2.38. The Balaban J connectivity index is 1.01. The van der Waals surface area contributed by atoms with Crippen LogP contribution in [0.3, 0.4) is 0 Å². The Labute approximate surface area is 240 Å². The van der Waals surface area contributed by atoms with E-state index >= 15 is 0 Å². The van der Waals surface area contributed by atoms with Crippen molar-refractivity contribution in [3.05, 3.63) is 60.6 Å². The number of piperazine rings is 1. The zero-order valence-electron chi connectivity index (χ0n) is 24.3. The van der Waals surface area contributed by atoms with Crippen molar-refractivity contribution in [3.63, 3.8) is 0 Å². The summed E-state index contributed by atoms with van der Waals surface area (Å²) in [5.41, 5.74) is 3.13. The highest BCUT2D eigenvalue weighted by Crippen LogP contribution is 2.30. The number of rotatable bonds is 8. The molecule has 2 aliphatic rings. The Hall–Kier alpha value is -3.89. The van der Waals surface area contributed by atoms with Crippen molar-refractivity contribution < 1.29 is 14.1 Å². The molecule has 2 N–H and O–H groups in total. The number of hydrogen-bond donors (Lipinski definition) is 2. The highest BCUT2D eigenvalue weighted by atomic mass is 16.5. The molecule has 0 spiro atoms. The Morgan fingerprint density at radius 1 is 1.05 bits per heavy atom. The second-order valence-electron chi connectivity index (χ2n) is 12.3. The molecule has 4 aromatic rings. The van der Waals surface area contributed by atoms with Crippen molar-refractivity contribution in [2.24, 2.45) is 0 Å². The van der Waals surface area contributed by atoms with Crippen LogP contribution in [0.1, 0.15) is 45.8 Å². The second kappa shape index (κ2) is 11.2. The summed E-state index contributed by atoms with van der Waals surface area (Å²) in [6.45, 7) is 10.2. The molecule has 6 rings (SSSR count). The van der Waals surface area contributed by atoms with Gasteiger partial charge in [-0.3, -0.25) is 10.2 Å². The molecule has 2 unspecified atom stereocenters. The quantitative estimate of drug-likeness (QED) is 0.277. The van der Waals surface area contributed by atoms with Gasteiger partial charge in [0.1, 0.15) is 17.2 Å². The number of aromatic nitrogens is 3. The first kappa shape index (κ1) is 27.3. The molecule has 10 nitrogen and oxygen atoms in total. The van der Waals surface area contributed by atoms with Crippen molar-refractivity contribution in [2.45, 2.75) is 57.5 Å². The second-order valence-corrected chi connectivity index (χ2v) is 12.3. The van der Waals surface area contributed by atoms with Gasteiger partial charge in [0.2, 0.25) is 0 Å². The van der Waals surface area contributed by atoms with Crippen LogP contribution in [0.4, 0.5) is 16.3 Å². The van der Waals surface area contributed by atoms with Crippen LogP contribution in [-0.2, 0) is 5.41 Å². The Morgan fingerprint density at radius 2 is 1.80 bits per heavy atom. The van der Waals surface area contributed by atoms with Crippen molar-refractivity contribution in [3.8, 4) is 17.0 Å². The van der Waals surface area contributed by atoms with Crippen LogP contribution in [0, 0.1) is 0 Å². The first-order valence-electron chi connectivity index (χ1n) is 14.4. The lowest BCUT2D eigenvalue weighted by Gasteiger charge is -2.39. The van der Waals surface area contributed by atoms with E-state index in [1.807, 2.05) is 74.0 Å². The molecule has 0 radical (unpaired) electrons. The lowest BCUT2D eigenvalue weighted by molar-refractivity contribution is 0.0774. The number of benzene rings is 1. The third-order valence-electron chi connectivity index (χ3n) is 8.00. The summed E-state index contributed by atoms with van der Waals surface area (Å²) < 4.78 is 13.4. The smallest absolute Gasteiger partial charge is 0.324 e. The molecule has 2 atom stereocenters. The molecular weight excluding hydrogens is 518 g/mol. The van der Waals surface area contributed by atoms with Crippen LogP contribution in [0.25, 0.3) is 16.9 Å². The summed E-state index contributed by atoms with van der Waals surface area (Å²) >= 11 is 0. The molecular formula is C31H39N7O3. The molecule has 0 saturated carbocycles. The lowest BCUT2D eigenvalue weighted by atomic mass is 9.93. The minimum Gasteiger partial charge on any atom is -0.492 e. The summed E-state index contributed by atoms with van der Waals surface area (Å²) in [6, 6.07) is 14.3. The predicted molar refractivity (Wildman–Crippen MR) is 160 cm³/mol. The zero-order chi connectivity index (χ0) is 28.6. The first-order valence-corrected chi connectivity index (χ1v) is 14.4. The van der Waals surface area contributed by atoms with Gasteiger partial charge in [0.15, 0.2) is 5.82 Å². The Kier molecular flexibility index (Phi) is 7.44. The van der Waals surface area contributed by atoms with Gasteiger partial charge in [0, 0.05) is 60.6 Å². The maximum absolute atomic E-state index is 12.4. The van der Waals surface area contributed by atoms with Gasteiger partial charge < -0.3 is 23.9 Å². The number of urea groups is 1. The maximum Gasteiger partial charge on any atom is 0.324 e. The van der Waals surface area contributed by atoms with E-state index in [0.717, 1.165) is 35.6 Å². The van der Waals surface area contributed by atoms with E-state index < -0.39 is 0 Å². The first-order chi connectivity index (χ1) is 19.7. The Bertz CT molecular complexity index is 1490. The average Bonchev–Trinajstić information content (AvgIpc) is 3.63. The zero-order valence-corrected chi connectivity index (χ0v) is 24.3. The van der Waals surface area contributed by atoms with Crippen LogP contribution in [0.15, 0.2) is 59.4 Å². The minimum absolute atomic E-state index is 0.184. The van der Waals surface area contributed by atoms with Crippen LogP contribution in [0.2, 0.25) is 0 Å². The third-order valence-corrected chi connectivity index (χ3v) is 8.00. The molecule has 41 heavy (non-hydrogen) atoms.